The van der Waals surface area contributed by atoms with E-state index in [1.165, 1.54) is 12.1 Å². The number of rotatable bonds is 2. The maximum atomic E-state index is 11.4. The number of hydrogen-bond donors (Lipinski definition) is 1. The second-order valence-corrected chi connectivity index (χ2v) is 5.03. The van der Waals surface area contributed by atoms with Crippen LogP contribution < -0.4 is 4.74 Å². The molecule has 17 heavy (non-hydrogen) atoms. The van der Waals surface area contributed by atoms with Crippen molar-refractivity contribution in [3.63, 3.8) is 0 Å². The summed E-state index contributed by atoms with van der Waals surface area (Å²) in [6.07, 6.45) is 0.600. The van der Waals surface area contributed by atoms with E-state index in [1.54, 1.807) is 0 Å². The molecular weight excluding hydrogens is 244 g/mol. The first-order valence-electron chi connectivity index (χ1n) is 5.09. The molecule has 0 fully saturated rings. The van der Waals surface area contributed by atoms with Crippen molar-refractivity contribution < 1.29 is 19.4 Å². The van der Waals surface area contributed by atoms with E-state index in [-0.39, 0.29) is 16.2 Å². The van der Waals surface area contributed by atoms with Crippen molar-refractivity contribution >= 4 is 23.4 Å². The molecule has 0 aromatic heterocycles. The van der Waals surface area contributed by atoms with Gasteiger partial charge in [0.15, 0.2) is 0 Å². The molecule has 0 spiro atoms. The molecule has 0 saturated carbocycles. The van der Waals surface area contributed by atoms with Crippen LogP contribution in [0.4, 0.5) is 0 Å². The Morgan fingerprint density at radius 2 is 2.06 bits per heavy atom. The quantitative estimate of drug-likeness (QED) is 0.650. The predicted molar refractivity (Wildman–Crippen MR) is 61.8 cm³/mol. The first-order valence-corrected chi connectivity index (χ1v) is 5.47. The van der Waals surface area contributed by atoms with E-state index in [4.69, 9.17) is 21.4 Å². The Labute approximate surface area is 103 Å². The van der Waals surface area contributed by atoms with Crippen LogP contribution >= 0.6 is 11.6 Å². The lowest BCUT2D eigenvalue weighted by Gasteiger charge is -2.17. The number of Topliss-reactive ketones (excluding diaryl/α,β-unsaturated/α-hetero) is 1. The summed E-state index contributed by atoms with van der Waals surface area (Å²) in [5.41, 5.74) is 0.478. The molecule has 1 N–H and O–H groups in total. The average molecular weight is 255 g/mol. The Hall–Kier alpha value is -1.55. The number of benzene rings is 1. The minimum Gasteiger partial charge on any atom is -0.486 e. The topological polar surface area (TPSA) is 63.6 Å². The standard InChI is InChI=1S/C12H11ClO4/c1-12(2)5-7-3-6(9(14)11(15)16)4-8(13)10(7)17-12/h3-4H,5H2,1-2H3,(H,15,16). The molecule has 1 heterocycles. The zero-order valence-corrected chi connectivity index (χ0v) is 10.2. The van der Waals surface area contributed by atoms with Gasteiger partial charge in [-0.2, -0.15) is 0 Å². The van der Waals surface area contributed by atoms with Gasteiger partial charge in [-0.1, -0.05) is 11.6 Å². The molecule has 0 radical (unpaired) electrons. The smallest absolute Gasteiger partial charge is 0.377 e. The first kappa shape index (κ1) is 11.9. The molecule has 90 valence electrons. The van der Waals surface area contributed by atoms with Gasteiger partial charge in [-0.3, -0.25) is 4.79 Å². The number of carbonyl (C=O) groups excluding carboxylic acids is 1. The molecule has 0 bridgehead atoms. The molecule has 1 aromatic rings. The van der Waals surface area contributed by atoms with E-state index in [0.717, 1.165) is 5.56 Å². The van der Waals surface area contributed by atoms with Crippen LogP contribution in [0.25, 0.3) is 0 Å². The van der Waals surface area contributed by atoms with Gasteiger partial charge in [-0.15, -0.1) is 0 Å². The lowest BCUT2D eigenvalue weighted by Crippen LogP contribution is -2.24. The maximum absolute atomic E-state index is 11.4. The third kappa shape index (κ3) is 2.13. The summed E-state index contributed by atoms with van der Waals surface area (Å²) in [4.78, 5) is 22.0. The van der Waals surface area contributed by atoms with E-state index in [9.17, 15) is 9.59 Å². The molecule has 0 amide bonds. The van der Waals surface area contributed by atoms with Gasteiger partial charge in [0, 0.05) is 17.5 Å². The number of halogens is 1. The van der Waals surface area contributed by atoms with E-state index < -0.39 is 11.8 Å². The molecule has 2 rings (SSSR count). The van der Waals surface area contributed by atoms with Crippen molar-refractivity contribution in [2.24, 2.45) is 0 Å². The molecule has 0 unspecified atom stereocenters. The summed E-state index contributed by atoms with van der Waals surface area (Å²) < 4.78 is 5.63. The third-order valence-electron chi connectivity index (χ3n) is 2.57. The van der Waals surface area contributed by atoms with Crippen LogP contribution in [0.15, 0.2) is 12.1 Å². The molecular formula is C12H11ClO4. The molecule has 0 atom stereocenters. The fraction of sp³-hybridized carbons (Fsp3) is 0.333. The minimum absolute atomic E-state index is 0.0857. The second-order valence-electron chi connectivity index (χ2n) is 4.62. The summed E-state index contributed by atoms with van der Waals surface area (Å²) in [5.74, 6) is -1.91. The Kier molecular flexibility index (Phi) is 2.62. The summed E-state index contributed by atoms with van der Waals surface area (Å²) in [6.45, 7) is 3.81. The number of ether oxygens (including phenoxy) is 1. The van der Waals surface area contributed by atoms with Gasteiger partial charge in [0.1, 0.15) is 11.4 Å². The maximum Gasteiger partial charge on any atom is 0.377 e. The fourth-order valence-electron chi connectivity index (χ4n) is 1.92. The highest BCUT2D eigenvalue weighted by molar-refractivity contribution is 6.41. The van der Waals surface area contributed by atoms with Gasteiger partial charge in [0.25, 0.3) is 5.78 Å². The summed E-state index contributed by atoms with van der Waals surface area (Å²) in [5, 5.41) is 8.93. The van der Waals surface area contributed by atoms with Gasteiger partial charge in [0.05, 0.1) is 5.02 Å². The Bertz CT molecular complexity index is 519. The monoisotopic (exact) mass is 254 g/mol. The summed E-state index contributed by atoms with van der Waals surface area (Å²) in [7, 11) is 0. The van der Waals surface area contributed by atoms with Crippen LogP contribution in [0.2, 0.25) is 5.02 Å². The highest BCUT2D eigenvalue weighted by atomic mass is 35.5. The van der Waals surface area contributed by atoms with Gasteiger partial charge in [-0.05, 0) is 26.0 Å². The number of fused-ring (bicyclic) bond motifs is 1. The predicted octanol–water partition coefficient (Wildman–Crippen LogP) is 2.32. The zero-order chi connectivity index (χ0) is 12.8. The zero-order valence-electron chi connectivity index (χ0n) is 9.41. The van der Waals surface area contributed by atoms with Crippen molar-refractivity contribution in [2.75, 3.05) is 0 Å². The molecule has 1 aliphatic heterocycles. The lowest BCUT2D eigenvalue weighted by molar-refractivity contribution is -0.131. The first-order chi connectivity index (χ1) is 7.80. The normalized spacial score (nSPS) is 16.2. The van der Waals surface area contributed by atoms with Gasteiger partial charge >= 0.3 is 5.97 Å². The number of carboxylic acids is 1. The van der Waals surface area contributed by atoms with Gasteiger partial charge < -0.3 is 9.84 Å². The minimum atomic E-state index is -1.49. The van der Waals surface area contributed by atoms with Crippen molar-refractivity contribution in [3.8, 4) is 5.75 Å². The number of ketones is 1. The molecule has 5 heteroatoms. The van der Waals surface area contributed by atoms with E-state index in [0.29, 0.717) is 12.2 Å². The third-order valence-corrected chi connectivity index (χ3v) is 2.85. The second kappa shape index (κ2) is 3.74. The highest BCUT2D eigenvalue weighted by Gasteiger charge is 2.33. The fourth-order valence-corrected chi connectivity index (χ4v) is 2.20. The van der Waals surface area contributed by atoms with Crippen LogP contribution in [-0.2, 0) is 11.2 Å². The number of hydrogen-bond acceptors (Lipinski definition) is 3. The number of carboxylic acid groups (broad SMARTS) is 1. The lowest BCUT2D eigenvalue weighted by atomic mass is 9.99. The van der Waals surface area contributed by atoms with Crippen LogP contribution in [0.5, 0.6) is 5.75 Å². The van der Waals surface area contributed by atoms with Crippen LogP contribution in [-0.4, -0.2) is 22.5 Å². The Balaban J connectivity index is 2.47. The SMILES string of the molecule is CC1(C)Cc2cc(C(=O)C(=O)O)cc(Cl)c2O1. The highest BCUT2D eigenvalue weighted by Crippen LogP contribution is 2.40. The van der Waals surface area contributed by atoms with Gasteiger partial charge in [-0.25, -0.2) is 4.79 Å². The molecule has 1 aliphatic rings. The number of carbonyl (C=O) groups is 2. The summed E-state index contributed by atoms with van der Waals surface area (Å²) >= 11 is 5.98. The molecule has 4 nitrogen and oxygen atoms in total. The molecule has 0 saturated heterocycles. The Morgan fingerprint density at radius 1 is 1.41 bits per heavy atom. The Morgan fingerprint density at radius 3 is 2.65 bits per heavy atom. The molecule has 1 aromatic carbocycles. The van der Waals surface area contributed by atoms with Crippen molar-refractivity contribution in [2.45, 2.75) is 25.9 Å². The summed E-state index contributed by atoms with van der Waals surface area (Å²) in [6, 6.07) is 2.87. The van der Waals surface area contributed by atoms with Crippen LogP contribution in [0, 0.1) is 0 Å². The van der Waals surface area contributed by atoms with E-state index in [2.05, 4.69) is 0 Å². The van der Waals surface area contributed by atoms with Crippen molar-refractivity contribution in [3.05, 3.63) is 28.3 Å². The number of aliphatic carboxylic acids is 1. The van der Waals surface area contributed by atoms with Crippen molar-refractivity contribution in [1.82, 2.24) is 0 Å². The van der Waals surface area contributed by atoms with Crippen LogP contribution in [0.1, 0.15) is 29.8 Å². The molecule has 0 aliphatic carbocycles. The van der Waals surface area contributed by atoms with Crippen molar-refractivity contribution in [1.29, 1.82) is 0 Å². The largest absolute Gasteiger partial charge is 0.486 e. The van der Waals surface area contributed by atoms with E-state index in [1.807, 2.05) is 13.8 Å². The average Bonchev–Trinajstić information content (AvgIpc) is 2.51. The van der Waals surface area contributed by atoms with E-state index >= 15 is 0 Å². The van der Waals surface area contributed by atoms with Gasteiger partial charge in [0.2, 0.25) is 0 Å². The van der Waals surface area contributed by atoms with Crippen LogP contribution in [0.3, 0.4) is 0 Å².